The van der Waals surface area contributed by atoms with Crippen LogP contribution in [0.1, 0.15) is 82.7 Å². The molecule has 0 aromatic heterocycles. The Kier molecular flexibility index (Phi) is 9.02. The Morgan fingerprint density at radius 1 is 1.06 bits per heavy atom. The fourth-order valence-electron chi connectivity index (χ4n) is 6.14. The average Bonchev–Trinajstić information content (AvgIpc) is 2.99. The van der Waals surface area contributed by atoms with Crippen LogP contribution in [0, 0.1) is 0 Å². The highest BCUT2D eigenvalue weighted by atomic mass is 19.4. The minimum absolute atomic E-state index is 0.191. The van der Waals surface area contributed by atoms with E-state index in [-0.39, 0.29) is 28.0 Å². The number of ketones is 3. The van der Waals surface area contributed by atoms with Crippen molar-refractivity contribution in [1.82, 2.24) is 5.32 Å². The number of nitrogens with one attached hydrogen (secondary N) is 1. The summed E-state index contributed by atoms with van der Waals surface area (Å²) >= 11 is 0. The molecule has 2 aromatic carbocycles. The number of fused-ring (bicyclic) bond motifs is 3. The van der Waals surface area contributed by atoms with E-state index in [1.54, 1.807) is 5.32 Å². The lowest BCUT2D eigenvalue weighted by molar-refractivity contribution is -0.250. The van der Waals surface area contributed by atoms with Gasteiger partial charge in [-0.1, -0.05) is 12.1 Å². The fraction of sp³-hybridized carbons (Fsp3) is 0.452. The summed E-state index contributed by atoms with van der Waals surface area (Å²) in [6, 6.07) is 2.39. The Bertz CT molecular complexity index is 1720. The normalized spacial score (nSPS) is 26.5. The third kappa shape index (κ3) is 6.09. The first-order valence-electron chi connectivity index (χ1n) is 14.5. The Morgan fingerprint density at radius 2 is 1.73 bits per heavy atom. The lowest BCUT2D eigenvalue weighted by Gasteiger charge is -2.42. The molecule has 0 radical (unpaired) electrons. The van der Waals surface area contributed by atoms with Gasteiger partial charge >= 0.3 is 18.1 Å². The molecular formula is C31H30F3NO13. The molecule has 2 aliphatic carbocycles. The number of aromatic hydroxyl groups is 2. The number of rotatable bonds is 7. The number of Topliss-reactive ketones (excluding diaryl/α,β-unsaturated/α-hetero) is 1. The molecule has 5 rings (SSSR count). The number of benzene rings is 2. The average molecular weight is 682 g/mol. The molecule has 48 heavy (non-hydrogen) atoms. The van der Waals surface area contributed by atoms with Crippen molar-refractivity contribution in [2.45, 2.75) is 82.5 Å². The van der Waals surface area contributed by atoms with Gasteiger partial charge in [-0.05, 0) is 19.9 Å². The van der Waals surface area contributed by atoms with Crippen LogP contribution in [0.5, 0.6) is 17.2 Å². The van der Waals surface area contributed by atoms with E-state index in [0.717, 1.165) is 13.8 Å². The van der Waals surface area contributed by atoms with Crippen LogP contribution in [0.15, 0.2) is 18.2 Å². The Labute approximate surface area is 269 Å². The van der Waals surface area contributed by atoms with Gasteiger partial charge in [0.25, 0.3) is 0 Å². The molecule has 258 valence electrons. The van der Waals surface area contributed by atoms with E-state index in [9.17, 15) is 57.6 Å². The molecule has 1 amide bonds. The van der Waals surface area contributed by atoms with Crippen molar-refractivity contribution in [2.75, 3.05) is 6.79 Å². The molecule has 1 saturated heterocycles. The number of halogens is 3. The lowest BCUT2D eigenvalue weighted by Crippen LogP contribution is -2.57. The molecule has 0 spiro atoms. The van der Waals surface area contributed by atoms with Crippen LogP contribution in [0.25, 0.3) is 0 Å². The van der Waals surface area contributed by atoms with Crippen LogP contribution < -0.4 is 10.1 Å². The Morgan fingerprint density at radius 3 is 2.35 bits per heavy atom. The molecule has 1 heterocycles. The van der Waals surface area contributed by atoms with Gasteiger partial charge in [-0.2, -0.15) is 13.2 Å². The smallest absolute Gasteiger partial charge is 0.471 e. The lowest BCUT2D eigenvalue weighted by atomic mass is 9.72. The summed E-state index contributed by atoms with van der Waals surface area (Å²) in [5, 5.41) is 46.5. The van der Waals surface area contributed by atoms with Crippen molar-refractivity contribution in [3.8, 4) is 17.2 Å². The number of hydrogen-bond donors (Lipinski definition) is 5. The largest absolute Gasteiger partial charge is 0.507 e. The third-order valence-electron chi connectivity index (χ3n) is 8.58. The number of hydrogen-bond acceptors (Lipinski definition) is 13. The number of ether oxygens (including phenoxy) is 4. The second kappa shape index (κ2) is 12.5. The van der Waals surface area contributed by atoms with Gasteiger partial charge in [0.05, 0.1) is 34.9 Å². The predicted octanol–water partition coefficient (Wildman–Crippen LogP) is 1.64. The molecule has 17 heteroatoms. The molecule has 5 N–H and O–H groups in total. The maximum absolute atomic E-state index is 13.9. The van der Waals surface area contributed by atoms with Crippen molar-refractivity contribution in [3.63, 3.8) is 0 Å². The summed E-state index contributed by atoms with van der Waals surface area (Å²) in [6.45, 7) is 2.82. The van der Waals surface area contributed by atoms with Crippen LogP contribution in [-0.4, -0.2) is 92.8 Å². The molecule has 0 bridgehead atoms. The van der Waals surface area contributed by atoms with Crippen LogP contribution in [-0.2, 0) is 35.0 Å². The molecule has 6 atom stereocenters. The zero-order chi connectivity index (χ0) is 35.5. The number of carbonyl (C=O) groups is 5. The number of phenols is 2. The zero-order valence-electron chi connectivity index (χ0n) is 25.5. The maximum atomic E-state index is 13.9. The number of esters is 1. The van der Waals surface area contributed by atoms with Crippen molar-refractivity contribution in [3.05, 3.63) is 51.6 Å². The highest BCUT2D eigenvalue weighted by Gasteiger charge is 2.50. The second-order valence-electron chi connectivity index (χ2n) is 11.7. The zero-order valence-corrected chi connectivity index (χ0v) is 25.5. The van der Waals surface area contributed by atoms with Crippen molar-refractivity contribution >= 4 is 29.2 Å². The highest BCUT2D eigenvalue weighted by molar-refractivity contribution is 6.31. The first kappa shape index (κ1) is 34.7. The monoisotopic (exact) mass is 681 g/mol. The van der Waals surface area contributed by atoms with Crippen molar-refractivity contribution in [2.24, 2.45) is 0 Å². The summed E-state index contributed by atoms with van der Waals surface area (Å²) in [4.78, 5) is 63.1. The van der Waals surface area contributed by atoms with Crippen LogP contribution in [0.3, 0.4) is 0 Å². The summed E-state index contributed by atoms with van der Waals surface area (Å²) in [7, 11) is 0. The fourth-order valence-corrected chi connectivity index (χ4v) is 6.14. The van der Waals surface area contributed by atoms with E-state index >= 15 is 0 Å². The van der Waals surface area contributed by atoms with Gasteiger partial charge in [0.2, 0.25) is 12.6 Å². The molecule has 3 aliphatic rings. The van der Waals surface area contributed by atoms with E-state index in [1.807, 2.05) is 0 Å². The number of aliphatic hydroxyl groups is 2. The van der Waals surface area contributed by atoms with Gasteiger partial charge in [0.1, 0.15) is 29.0 Å². The van der Waals surface area contributed by atoms with Crippen LogP contribution in [0.4, 0.5) is 13.2 Å². The molecule has 1 fully saturated rings. The topological polar surface area (TPSA) is 215 Å². The first-order chi connectivity index (χ1) is 22.4. The van der Waals surface area contributed by atoms with Crippen LogP contribution in [0.2, 0.25) is 0 Å². The number of alkyl halides is 3. The summed E-state index contributed by atoms with van der Waals surface area (Å²) in [6.07, 6.45) is -13.0. The van der Waals surface area contributed by atoms with Gasteiger partial charge in [-0.25, -0.2) is 0 Å². The molecule has 1 aliphatic heterocycles. The Balaban J connectivity index is 1.58. The summed E-state index contributed by atoms with van der Waals surface area (Å²) in [5.74, 6) is -7.64. The molecule has 2 aromatic rings. The molecular weight excluding hydrogens is 651 g/mol. The number of carbonyl (C=O) groups excluding carboxylic acids is 5. The van der Waals surface area contributed by atoms with Crippen molar-refractivity contribution in [1.29, 1.82) is 0 Å². The quantitative estimate of drug-likeness (QED) is 0.136. The maximum Gasteiger partial charge on any atom is 0.471 e. The minimum Gasteiger partial charge on any atom is -0.507 e. The predicted molar refractivity (Wildman–Crippen MR) is 151 cm³/mol. The standard InChI is InChI=1S/C31H30F3NO13/c1-11-24(38)16(35-29(43)31(32,33)34)7-19(47-11)48-18-9-30(44,12(2)36)8-15-21(18)28(42)23-22(26(15)40)25(39)14-5-4-6-17(20(14)27(23)41)46-10-45-13(3)37/h4-6,11,16,18-19,24,38,40,42,44H,7-10H2,1-3H3,(H,35,43)/t11?,16?,18-,19?,24?,30-/m0/s1. The summed E-state index contributed by atoms with van der Waals surface area (Å²) in [5.41, 5.74) is -4.76. The van der Waals surface area contributed by atoms with Gasteiger partial charge in [0.15, 0.2) is 17.9 Å². The Hall–Kier alpha value is -4.58. The van der Waals surface area contributed by atoms with Gasteiger partial charge < -0.3 is 44.7 Å². The molecule has 4 unspecified atom stereocenters. The van der Waals surface area contributed by atoms with E-state index in [4.69, 9.17) is 18.9 Å². The summed E-state index contributed by atoms with van der Waals surface area (Å²) < 4.78 is 60.6. The highest BCUT2D eigenvalue weighted by Crippen LogP contribution is 2.52. The first-order valence-corrected chi connectivity index (χ1v) is 14.5. The van der Waals surface area contributed by atoms with Crippen molar-refractivity contribution < 1.29 is 76.5 Å². The number of amides is 1. The van der Waals surface area contributed by atoms with E-state index in [1.165, 1.54) is 25.1 Å². The van der Waals surface area contributed by atoms with Gasteiger partial charge in [0, 0.05) is 42.9 Å². The molecule has 0 saturated carbocycles. The second-order valence-corrected chi connectivity index (χ2v) is 11.7. The van der Waals surface area contributed by atoms with E-state index in [0.29, 0.717) is 0 Å². The third-order valence-corrected chi connectivity index (χ3v) is 8.58. The minimum atomic E-state index is -5.27. The number of phenolic OH excluding ortho intramolecular Hbond substituents is 2. The van der Waals surface area contributed by atoms with E-state index < -0.39 is 120 Å². The number of aliphatic hydroxyl groups excluding tert-OH is 1. The van der Waals surface area contributed by atoms with Gasteiger partial charge in [-0.3, -0.25) is 24.0 Å². The van der Waals surface area contributed by atoms with Gasteiger partial charge in [-0.15, -0.1) is 0 Å². The molecule has 14 nitrogen and oxygen atoms in total. The SMILES string of the molecule is CC(=O)OCOc1cccc2c1C(=O)c1c(O)c3c(c(O)c1C2=O)C[C@@](O)(C(C)=O)C[C@@H]3OC1CC(NC(=O)C(F)(F)F)C(O)C(C)O1. The van der Waals surface area contributed by atoms with Crippen LogP contribution >= 0.6 is 0 Å². The van der Waals surface area contributed by atoms with E-state index in [2.05, 4.69) is 0 Å².